The number of carbonyl (C=O) groups is 1. The zero-order chi connectivity index (χ0) is 14.2. The Balaban J connectivity index is 1.75. The zero-order valence-electron chi connectivity index (χ0n) is 11.7. The minimum absolute atomic E-state index is 0.688. The third kappa shape index (κ3) is 2.10. The van der Waals surface area contributed by atoms with E-state index in [2.05, 4.69) is 22.0 Å². The summed E-state index contributed by atoms with van der Waals surface area (Å²) < 4.78 is 0. The molecule has 4 heteroatoms. The van der Waals surface area contributed by atoms with Gasteiger partial charge in [0.05, 0.1) is 0 Å². The fourth-order valence-electron chi connectivity index (χ4n) is 3.21. The van der Waals surface area contributed by atoms with Crippen molar-refractivity contribution in [1.82, 2.24) is 9.88 Å². The van der Waals surface area contributed by atoms with Gasteiger partial charge < -0.3 is 10.1 Å². The van der Waals surface area contributed by atoms with Crippen molar-refractivity contribution < 1.29 is 9.90 Å². The number of hydrogen-bond donors (Lipinski definition) is 2. The number of nitrogens with one attached hydrogen (secondary N) is 1. The number of rotatable bonds is 4. The van der Waals surface area contributed by atoms with Crippen LogP contribution in [0.15, 0.2) is 30.5 Å². The molecule has 20 heavy (non-hydrogen) atoms. The molecule has 1 atom stereocenters. The summed E-state index contributed by atoms with van der Waals surface area (Å²) in [5, 5.41) is 10.7. The summed E-state index contributed by atoms with van der Waals surface area (Å²) in [5.41, 5.74) is 1.72. The third-order valence-electron chi connectivity index (χ3n) is 4.58. The molecule has 1 saturated heterocycles. The van der Waals surface area contributed by atoms with Gasteiger partial charge in [-0.2, -0.15) is 0 Å². The number of hydrogen-bond acceptors (Lipinski definition) is 2. The van der Waals surface area contributed by atoms with Crippen molar-refractivity contribution in [1.29, 1.82) is 0 Å². The lowest BCUT2D eigenvalue weighted by atomic mass is 9.99. The summed E-state index contributed by atoms with van der Waals surface area (Å²) >= 11 is 0. The summed E-state index contributed by atoms with van der Waals surface area (Å²) in [7, 11) is 0. The van der Waals surface area contributed by atoms with Crippen LogP contribution in [0.2, 0.25) is 0 Å². The monoisotopic (exact) mass is 272 g/mol. The maximum atomic E-state index is 11.5. The number of likely N-dealkylation sites (tertiary alicyclic amines) is 1. The van der Waals surface area contributed by atoms with E-state index < -0.39 is 11.5 Å². The Morgan fingerprint density at radius 2 is 2.25 bits per heavy atom. The molecular formula is C16H20N2O2. The predicted octanol–water partition coefficient (Wildman–Crippen LogP) is 2.65. The summed E-state index contributed by atoms with van der Waals surface area (Å²) in [6.07, 6.45) is 4.64. The van der Waals surface area contributed by atoms with Crippen LogP contribution in [-0.2, 0) is 11.2 Å². The Labute approximate surface area is 118 Å². The number of carboxylic acid groups (broad SMARTS) is 1. The molecule has 1 aliphatic rings. The normalized spacial score (nSPS) is 23.4. The van der Waals surface area contributed by atoms with Crippen molar-refractivity contribution in [3.63, 3.8) is 0 Å². The van der Waals surface area contributed by atoms with Crippen molar-refractivity contribution in [2.75, 3.05) is 13.1 Å². The van der Waals surface area contributed by atoms with E-state index in [1.54, 1.807) is 0 Å². The maximum Gasteiger partial charge on any atom is 0.323 e. The number of carboxylic acids is 1. The van der Waals surface area contributed by atoms with Crippen LogP contribution in [0.3, 0.4) is 0 Å². The van der Waals surface area contributed by atoms with Crippen molar-refractivity contribution in [2.45, 2.75) is 31.7 Å². The number of aromatic nitrogens is 1. The number of para-hydroxylation sites is 1. The average Bonchev–Trinajstić information content (AvgIpc) is 3.01. The second kappa shape index (κ2) is 4.94. The molecule has 0 radical (unpaired) electrons. The molecule has 3 rings (SSSR count). The lowest BCUT2D eigenvalue weighted by molar-refractivity contribution is -0.148. The van der Waals surface area contributed by atoms with Crippen LogP contribution in [0.25, 0.3) is 10.9 Å². The molecule has 2 heterocycles. The molecule has 0 unspecified atom stereocenters. The highest BCUT2D eigenvalue weighted by Crippen LogP contribution is 2.29. The lowest BCUT2D eigenvalue weighted by Gasteiger charge is -2.31. The van der Waals surface area contributed by atoms with Gasteiger partial charge >= 0.3 is 5.97 Å². The van der Waals surface area contributed by atoms with Crippen LogP contribution in [-0.4, -0.2) is 39.6 Å². The van der Waals surface area contributed by atoms with E-state index >= 15 is 0 Å². The molecule has 106 valence electrons. The summed E-state index contributed by atoms with van der Waals surface area (Å²) in [6.45, 7) is 3.52. The number of nitrogens with zero attached hydrogens (tertiary/aromatic N) is 1. The first kappa shape index (κ1) is 13.2. The second-order valence-corrected chi connectivity index (χ2v) is 5.78. The Hall–Kier alpha value is -1.81. The molecule has 0 saturated carbocycles. The van der Waals surface area contributed by atoms with Crippen molar-refractivity contribution >= 4 is 16.9 Å². The van der Waals surface area contributed by atoms with Crippen LogP contribution < -0.4 is 0 Å². The molecule has 0 aliphatic carbocycles. The molecule has 0 amide bonds. The largest absolute Gasteiger partial charge is 0.480 e. The van der Waals surface area contributed by atoms with Crippen LogP contribution >= 0.6 is 0 Å². The number of benzene rings is 1. The smallest absolute Gasteiger partial charge is 0.323 e. The van der Waals surface area contributed by atoms with Gasteiger partial charge in [0.15, 0.2) is 0 Å². The van der Waals surface area contributed by atoms with Gasteiger partial charge in [0.2, 0.25) is 0 Å². The number of aliphatic carboxylic acids is 1. The number of fused-ring (bicyclic) bond motifs is 1. The molecule has 2 N–H and O–H groups in total. The van der Waals surface area contributed by atoms with E-state index in [4.69, 9.17) is 0 Å². The Bertz CT molecular complexity index is 634. The van der Waals surface area contributed by atoms with E-state index in [1.807, 2.05) is 25.3 Å². The molecule has 0 bridgehead atoms. The first-order chi connectivity index (χ1) is 9.61. The Morgan fingerprint density at radius 3 is 3.05 bits per heavy atom. The van der Waals surface area contributed by atoms with Gasteiger partial charge in [-0.25, -0.2) is 0 Å². The van der Waals surface area contributed by atoms with E-state index in [0.717, 1.165) is 37.9 Å². The molecular weight excluding hydrogens is 252 g/mol. The van der Waals surface area contributed by atoms with E-state index in [0.29, 0.717) is 0 Å². The van der Waals surface area contributed by atoms with Gasteiger partial charge in [0, 0.05) is 23.6 Å². The quantitative estimate of drug-likeness (QED) is 0.899. The molecule has 1 aliphatic heterocycles. The van der Waals surface area contributed by atoms with Gasteiger partial charge in [-0.05, 0) is 44.4 Å². The van der Waals surface area contributed by atoms with Gasteiger partial charge in [-0.3, -0.25) is 9.69 Å². The van der Waals surface area contributed by atoms with Crippen LogP contribution in [0.1, 0.15) is 25.3 Å². The third-order valence-corrected chi connectivity index (χ3v) is 4.58. The minimum atomic E-state index is -0.700. The van der Waals surface area contributed by atoms with E-state index in [1.165, 1.54) is 10.9 Å². The van der Waals surface area contributed by atoms with Crippen molar-refractivity contribution in [2.24, 2.45) is 0 Å². The molecule has 4 nitrogen and oxygen atoms in total. The number of aromatic amines is 1. The summed E-state index contributed by atoms with van der Waals surface area (Å²) in [5.74, 6) is -0.700. The molecule has 1 aromatic heterocycles. The first-order valence-electron chi connectivity index (χ1n) is 7.15. The fraction of sp³-hybridized carbons (Fsp3) is 0.438. The fourth-order valence-corrected chi connectivity index (χ4v) is 3.21. The van der Waals surface area contributed by atoms with Gasteiger partial charge in [-0.1, -0.05) is 18.2 Å². The highest BCUT2D eigenvalue weighted by atomic mass is 16.4. The SMILES string of the molecule is C[C@@]1(C(=O)O)CCCN1CCc1c[nH]c2ccccc12. The van der Waals surface area contributed by atoms with Gasteiger partial charge in [-0.15, -0.1) is 0 Å². The van der Waals surface area contributed by atoms with Gasteiger partial charge in [0.25, 0.3) is 0 Å². The highest BCUT2D eigenvalue weighted by Gasteiger charge is 2.42. The molecule has 1 aromatic carbocycles. The molecule has 1 fully saturated rings. The average molecular weight is 272 g/mol. The Kier molecular flexibility index (Phi) is 3.26. The number of H-pyrrole nitrogens is 1. The Morgan fingerprint density at radius 1 is 1.45 bits per heavy atom. The second-order valence-electron chi connectivity index (χ2n) is 5.78. The lowest BCUT2D eigenvalue weighted by Crippen LogP contribution is -2.48. The minimum Gasteiger partial charge on any atom is -0.480 e. The summed E-state index contributed by atoms with van der Waals surface area (Å²) in [6, 6.07) is 8.24. The summed E-state index contributed by atoms with van der Waals surface area (Å²) in [4.78, 5) is 16.8. The topological polar surface area (TPSA) is 56.3 Å². The van der Waals surface area contributed by atoms with Crippen LogP contribution in [0.4, 0.5) is 0 Å². The van der Waals surface area contributed by atoms with Crippen LogP contribution in [0, 0.1) is 0 Å². The van der Waals surface area contributed by atoms with Crippen LogP contribution in [0.5, 0.6) is 0 Å². The van der Waals surface area contributed by atoms with Crippen molar-refractivity contribution in [3.05, 3.63) is 36.0 Å². The van der Waals surface area contributed by atoms with Crippen molar-refractivity contribution in [3.8, 4) is 0 Å². The standard InChI is InChI=1S/C16H20N2O2/c1-16(15(19)20)8-4-9-18(16)10-7-12-11-17-14-6-3-2-5-13(12)14/h2-3,5-6,11,17H,4,7-10H2,1H3,(H,19,20)/t16-/m0/s1. The maximum absolute atomic E-state index is 11.5. The molecule has 0 spiro atoms. The predicted molar refractivity (Wildman–Crippen MR) is 78.9 cm³/mol. The zero-order valence-corrected chi connectivity index (χ0v) is 11.7. The van der Waals surface area contributed by atoms with Gasteiger partial charge in [0.1, 0.15) is 5.54 Å². The highest BCUT2D eigenvalue weighted by molar-refractivity contribution is 5.83. The van der Waals surface area contributed by atoms with E-state index in [-0.39, 0.29) is 0 Å². The van der Waals surface area contributed by atoms with E-state index in [9.17, 15) is 9.90 Å². The first-order valence-corrected chi connectivity index (χ1v) is 7.15. The molecule has 2 aromatic rings.